The topological polar surface area (TPSA) is 58.2 Å². The number of carbonyl (C=O) groups excluding carboxylic acids is 2. The van der Waals surface area contributed by atoms with Crippen LogP contribution in [0.2, 0.25) is 0 Å². The Morgan fingerprint density at radius 2 is 1.46 bits per heavy atom. The van der Waals surface area contributed by atoms with E-state index in [4.69, 9.17) is 0 Å². The number of nitrogens with one attached hydrogen (secondary N) is 2. The summed E-state index contributed by atoms with van der Waals surface area (Å²) in [4.78, 5) is 26.6. The van der Waals surface area contributed by atoms with Gasteiger partial charge in [-0.25, -0.2) is 0 Å². The summed E-state index contributed by atoms with van der Waals surface area (Å²) in [6, 6.07) is 25.5. The number of benzene rings is 3. The standard InChI is InChI=1S/C23H22N2O2S/c1-28-20-14-12-19(13-15-20)24-23(27)21(16-17-8-4-2-5-9-17)25-22(26)18-10-6-3-7-11-18/h2-15,21H,16H2,1H3,(H,24,27)(H,25,26)/t21-/m1/s1. The summed E-state index contributed by atoms with van der Waals surface area (Å²) >= 11 is 1.64. The molecule has 0 bridgehead atoms. The molecule has 3 aromatic carbocycles. The van der Waals surface area contributed by atoms with E-state index in [1.165, 1.54) is 0 Å². The van der Waals surface area contributed by atoms with Crippen LogP contribution in [-0.4, -0.2) is 24.1 Å². The minimum absolute atomic E-state index is 0.245. The molecule has 0 unspecified atom stereocenters. The molecule has 4 nitrogen and oxygen atoms in total. The van der Waals surface area contributed by atoms with Gasteiger partial charge in [-0.05, 0) is 48.2 Å². The molecular weight excluding hydrogens is 368 g/mol. The van der Waals surface area contributed by atoms with Crippen LogP contribution in [0.4, 0.5) is 5.69 Å². The quantitative estimate of drug-likeness (QED) is 0.588. The number of carbonyl (C=O) groups is 2. The van der Waals surface area contributed by atoms with Gasteiger partial charge < -0.3 is 10.6 Å². The van der Waals surface area contributed by atoms with Gasteiger partial charge in [0.05, 0.1) is 0 Å². The predicted molar refractivity (Wildman–Crippen MR) is 115 cm³/mol. The molecule has 0 aliphatic heterocycles. The van der Waals surface area contributed by atoms with Crippen LogP contribution in [0.5, 0.6) is 0 Å². The van der Waals surface area contributed by atoms with Crippen molar-refractivity contribution in [3.8, 4) is 0 Å². The van der Waals surface area contributed by atoms with E-state index in [9.17, 15) is 9.59 Å². The van der Waals surface area contributed by atoms with Crippen molar-refractivity contribution in [2.24, 2.45) is 0 Å². The molecule has 28 heavy (non-hydrogen) atoms. The average molecular weight is 391 g/mol. The van der Waals surface area contributed by atoms with Crippen molar-refractivity contribution in [2.75, 3.05) is 11.6 Å². The van der Waals surface area contributed by atoms with E-state index in [0.717, 1.165) is 10.5 Å². The van der Waals surface area contributed by atoms with Crippen molar-refractivity contribution >= 4 is 29.3 Å². The van der Waals surface area contributed by atoms with Gasteiger partial charge in [-0.2, -0.15) is 0 Å². The Balaban J connectivity index is 1.76. The van der Waals surface area contributed by atoms with Crippen LogP contribution in [-0.2, 0) is 11.2 Å². The molecule has 0 saturated carbocycles. The Kier molecular flexibility index (Phi) is 6.87. The van der Waals surface area contributed by atoms with Crippen LogP contribution in [0.3, 0.4) is 0 Å². The molecule has 0 aromatic heterocycles. The predicted octanol–water partition coefficient (Wildman–Crippen LogP) is 4.39. The SMILES string of the molecule is CSc1ccc(NC(=O)[C@@H](Cc2ccccc2)NC(=O)c2ccccc2)cc1. The third-order valence-electron chi connectivity index (χ3n) is 4.30. The minimum Gasteiger partial charge on any atom is -0.340 e. The summed E-state index contributed by atoms with van der Waals surface area (Å²) < 4.78 is 0. The highest BCUT2D eigenvalue weighted by atomic mass is 32.2. The van der Waals surface area contributed by atoms with Gasteiger partial charge in [0.25, 0.3) is 5.91 Å². The van der Waals surface area contributed by atoms with E-state index in [0.29, 0.717) is 17.7 Å². The number of thioether (sulfide) groups is 1. The number of hydrogen-bond acceptors (Lipinski definition) is 3. The second kappa shape index (κ2) is 9.76. The van der Waals surface area contributed by atoms with Gasteiger partial charge in [0.1, 0.15) is 6.04 Å². The Labute approximate surface area is 169 Å². The summed E-state index contributed by atoms with van der Waals surface area (Å²) in [5.74, 6) is -0.514. The maximum Gasteiger partial charge on any atom is 0.251 e. The third-order valence-corrected chi connectivity index (χ3v) is 5.04. The van der Waals surface area contributed by atoms with Gasteiger partial charge in [0, 0.05) is 22.6 Å². The smallest absolute Gasteiger partial charge is 0.251 e. The van der Waals surface area contributed by atoms with E-state index in [1.54, 1.807) is 36.0 Å². The molecule has 0 fully saturated rings. The lowest BCUT2D eigenvalue weighted by atomic mass is 10.0. The maximum atomic E-state index is 12.9. The molecule has 0 aliphatic rings. The molecule has 0 aliphatic carbocycles. The van der Waals surface area contributed by atoms with E-state index >= 15 is 0 Å². The van der Waals surface area contributed by atoms with Crippen molar-refractivity contribution in [2.45, 2.75) is 17.4 Å². The van der Waals surface area contributed by atoms with Gasteiger partial charge in [-0.15, -0.1) is 11.8 Å². The van der Waals surface area contributed by atoms with E-state index in [2.05, 4.69) is 10.6 Å². The lowest BCUT2D eigenvalue weighted by molar-refractivity contribution is -0.118. The van der Waals surface area contributed by atoms with E-state index < -0.39 is 6.04 Å². The van der Waals surface area contributed by atoms with Crippen molar-refractivity contribution < 1.29 is 9.59 Å². The Hall–Kier alpha value is -3.05. The van der Waals surface area contributed by atoms with Gasteiger partial charge in [-0.1, -0.05) is 48.5 Å². The molecule has 0 saturated heterocycles. The Bertz CT molecular complexity index is 912. The summed E-state index contributed by atoms with van der Waals surface area (Å²) in [6.07, 6.45) is 2.41. The number of anilines is 1. The highest BCUT2D eigenvalue weighted by Crippen LogP contribution is 2.18. The van der Waals surface area contributed by atoms with Gasteiger partial charge in [-0.3, -0.25) is 9.59 Å². The monoisotopic (exact) mass is 390 g/mol. The molecule has 0 heterocycles. The molecule has 5 heteroatoms. The number of amides is 2. The molecule has 3 aromatic rings. The fraction of sp³-hybridized carbons (Fsp3) is 0.130. The van der Waals surface area contributed by atoms with Crippen molar-refractivity contribution in [1.29, 1.82) is 0 Å². The second-order valence-electron chi connectivity index (χ2n) is 6.30. The minimum atomic E-state index is -0.685. The largest absolute Gasteiger partial charge is 0.340 e. The zero-order chi connectivity index (χ0) is 19.8. The van der Waals surface area contributed by atoms with Crippen molar-refractivity contribution in [3.05, 3.63) is 96.1 Å². The van der Waals surface area contributed by atoms with Gasteiger partial charge >= 0.3 is 0 Å². The van der Waals surface area contributed by atoms with Crippen molar-refractivity contribution in [3.63, 3.8) is 0 Å². The van der Waals surface area contributed by atoms with Crippen molar-refractivity contribution in [1.82, 2.24) is 5.32 Å². The van der Waals surface area contributed by atoms with E-state index in [1.807, 2.05) is 66.9 Å². The molecule has 0 radical (unpaired) electrons. The molecule has 1 atom stereocenters. The van der Waals surface area contributed by atoms with Crippen LogP contribution in [0.15, 0.2) is 89.8 Å². The molecule has 3 rings (SSSR count). The number of rotatable bonds is 7. The highest BCUT2D eigenvalue weighted by molar-refractivity contribution is 7.98. The van der Waals surface area contributed by atoms with Crippen LogP contribution in [0.1, 0.15) is 15.9 Å². The molecule has 142 valence electrons. The summed E-state index contributed by atoms with van der Waals surface area (Å²) in [7, 11) is 0. The van der Waals surface area contributed by atoms with Crippen LogP contribution in [0, 0.1) is 0 Å². The normalized spacial score (nSPS) is 11.5. The zero-order valence-corrected chi connectivity index (χ0v) is 16.4. The van der Waals surface area contributed by atoms with E-state index in [-0.39, 0.29) is 11.8 Å². The first-order chi connectivity index (χ1) is 13.7. The fourth-order valence-corrected chi connectivity index (χ4v) is 3.20. The maximum absolute atomic E-state index is 12.9. The summed E-state index contributed by atoms with van der Waals surface area (Å²) in [6.45, 7) is 0. The zero-order valence-electron chi connectivity index (χ0n) is 15.6. The second-order valence-corrected chi connectivity index (χ2v) is 7.18. The Morgan fingerprint density at radius 1 is 0.857 bits per heavy atom. The molecule has 2 N–H and O–H groups in total. The summed E-state index contributed by atoms with van der Waals surface area (Å²) in [5.41, 5.74) is 2.21. The molecule has 0 spiro atoms. The third kappa shape index (κ3) is 5.47. The highest BCUT2D eigenvalue weighted by Gasteiger charge is 2.22. The van der Waals surface area contributed by atoms with Gasteiger partial charge in [0.2, 0.25) is 5.91 Å². The lowest BCUT2D eigenvalue weighted by Gasteiger charge is -2.19. The lowest BCUT2D eigenvalue weighted by Crippen LogP contribution is -2.45. The number of hydrogen-bond donors (Lipinski definition) is 2. The van der Waals surface area contributed by atoms with Crippen LogP contribution >= 0.6 is 11.8 Å². The molecular formula is C23H22N2O2S. The van der Waals surface area contributed by atoms with Crippen LogP contribution < -0.4 is 10.6 Å². The molecule has 2 amide bonds. The van der Waals surface area contributed by atoms with Gasteiger partial charge in [0.15, 0.2) is 0 Å². The fourth-order valence-electron chi connectivity index (χ4n) is 2.79. The Morgan fingerprint density at radius 3 is 2.07 bits per heavy atom. The first kappa shape index (κ1) is 19.7. The average Bonchev–Trinajstić information content (AvgIpc) is 2.75. The first-order valence-electron chi connectivity index (χ1n) is 9.00. The first-order valence-corrected chi connectivity index (χ1v) is 10.2. The summed E-state index contributed by atoms with van der Waals surface area (Å²) in [5, 5.41) is 5.78. The van der Waals surface area contributed by atoms with Crippen LogP contribution in [0.25, 0.3) is 0 Å².